The van der Waals surface area contributed by atoms with E-state index in [1.807, 2.05) is 24.3 Å². The summed E-state index contributed by atoms with van der Waals surface area (Å²) >= 11 is 12.2. The van der Waals surface area contributed by atoms with Crippen LogP contribution in [-0.2, 0) is 9.84 Å². The molecular weight excluding hydrogens is 510 g/mol. The van der Waals surface area contributed by atoms with E-state index in [2.05, 4.69) is 5.32 Å². The lowest BCUT2D eigenvalue weighted by atomic mass is 9.94. The predicted molar refractivity (Wildman–Crippen MR) is 135 cm³/mol. The van der Waals surface area contributed by atoms with E-state index in [1.165, 1.54) is 35.8 Å². The van der Waals surface area contributed by atoms with Crippen molar-refractivity contribution in [1.82, 2.24) is 4.57 Å². The minimum absolute atomic E-state index is 0.0277. The Morgan fingerprint density at radius 1 is 0.829 bits per heavy atom. The molecule has 0 radical (unpaired) electrons. The molecule has 1 N–H and O–H groups in total. The molecule has 4 aromatic rings. The quantitative estimate of drug-likeness (QED) is 0.320. The Labute approximate surface area is 211 Å². The van der Waals surface area contributed by atoms with E-state index in [9.17, 15) is 17.6 Å². The number of nitrogens with zero attached hydrogens (tertiary/aromatic N) is 1. The van der Waals surface area contributed by atoms with Gasteiger partial charge in [0.1, 0.15) is 16.5 Å². The van der Waals surface area contributed by atoms with Crippen LogP contribution in [0.4, 0.5) is 10.2 Å². The van der Waals surface area contributed by atoms with Crippen molar-refractivity contribution in [3.8, 4) is 0 Å². The van der Waals surface area contributed by atoms with Gasteiger partial charge >= 0.3 is 0 Å². The summed E-state index contributed by atoms with van der Waals surface area (Å²) < 4.78 is 42.5. The number of pyridine rings is 1. The summed E-state index contributed by atoms with van der Waals surface area (Å²) in [6, 6.07) is 19.2. The fourth-order valence-electron chi connectivity index (χ4n) is 4.51. The molecule has 1 aliphatic heterocycles. The molecule has 0 spiro atoms. The molecule has 0 saturated heterocycles. The normalized spacial score (nSPS) is 17.1. The molecule has 0 saturated carbocycles. The Morgan fingerprint density at radius 3 is 2.00 bits per heavy atom. The summed E-state index contributed by atoms with van der Waals surface area (Å²) in [7, 11) is -4.08. The van der Waals surface area contributed by atoms with Crippen LogP contribution in [0.2, 0.25) is 10.0 Å². The van der Waals surface area contributed by atoms with Gasteiger partial charge in [0, 0.05) is 16.1 Å². The van der Waals surface area contributed by atoms with Crippen LogP contribution in [0, 0.1) is 12.7 Å². The zero-order valence-electron chi connectivity index (χ0n) is 18.4. The third-order valence-corrected chi connectivity index (χ3v) is 8.58. The van der Waals surface area contributed by atoms with Crippen molar-refractivity contribution in [2.24, 2.45) is 0 Å². The average Bonchev–Trinajstić information content (AvgIpc) is 3.21. The van der Waals surface area contributed by atoms with E-state index >= 15 is 0 Å². The van der Waals surface area contributed by atoms with Crippen LogP contribution in [0.25, 0.3) is 0 Å². The molecule has 0 bridgehead atoms. The van der Waals surface area contributed by atoms with Gasteiger partial charge in [0.2, 0.25) is 9.84 Å². The number of rotatable bonds is 4. The molecule has 2 heterocycles. The number of hydrogen-bond donors (Lipinski definition) is 1. The lowest BCUT2D eigenvalue weighted by Gasteiger charge is -2.22. The zero-order valence-corrected chi connectivity index (χ0v) is 20.7. The van der Waals surface area contributed by atoms with Gasteiger partial charge in [-0.15, -0.1) is 0 Å². The second kappa shape index (κ2) is 8.82. The van der Waals surface area contributed by atoms with E-state index in [-0.39, 0.29) is 26.7 Å². The number of halogens is 3. The maximum absolute atomic E-state index is 13.7. The molecule has 1 aliphatic rings. The number of fused-ring (bicyclic) bond motifs is 1. The molecule has 5 nitrogen and oxygen atoms in total. The maximum Gasteiger partial charge on any atom is 0.252 e. The molecule has 0 fully saturated rings. The fraction of sp³-hybridized carbons (Fsp3) is 0.115. The summed E-state index contributed by atoms with van der Waals surface area (Å²) in [6.07, 6.45) is 0. The van der Waals surface area contributed by atoms with E-state index in [0.29, 0.717) is 10.0 Å². The summed E-state index contributed by atoms with van der Waals surface area (Å²) in [4.78, 5) is 13.1. The molecule has 2 atom stereocenters. The minimum atomic E-state index is -4.08. The van der Waals surface area contributed by atoms with Crippen molar-refractivity contribution in [2.45, 2.75) is 28.8 Å². The number of sulfone groups is 1. The maximum atomic E-state index is 13.7. The first-order valence-electron chi connectivity index (χ1n) is 10.7. The molecule has 3 aromatic carbocycles. The topological polar surface area (TPSA) is 68.2 Å². The van der Waals surface area contributed by atoms with Crippen LogP contribution in [-0.4, -0.2) is 13.0 Å². The van der Waals surface area contributed by atoms with Crippen molar-refractivity contribution >= 4 is 38.9 Å². The van der Waals surface area contributed by atoms with Crippen molar-refractivity contribution in [3.05, 3.63) is 122 Å². The van der Waals surface area contributed by atoms with Gasteiger partial charge in [-0.05, 0) is 72.1 Å². The van der Waals surface area contributed by atoms with Crippen molar-refractivity contribution in [2.75, 3.05) is 5.32 Å². The number of nitrogens with one attached hydrogen (secondary N) is 1. The molecule has 178 valence electrons. The lowest BCUT2D eigenvalue weighted by molar-refractivity contribution is 0.553. The van der Waals surface area contributed by atoms with E-state index in [0.717, 1.165) is 17.2 Å². The highest BCUT2D eigenvalue weighted by atomic mass is 35.5. The number of benzene rings is 3. The monoisotopic (exact) mass is 528 g/mol. The summed E-state index contributed by atoms with van der Waals surface area (Å²) in [5.41, 5.74) is 1.50. The first-order chi connectivity index (χ1) is 16.7. The number of anilines is 1. The van der Waals surface area contributed by atoms with Crippen LogP contribution in [0.15, 0.2) is 93.4 Å². The highest BCUT2D eigenvalue weighted by Crippen LogP contribution is 2.45. The van der Waals surface area contributed by atoms with Crippen LogP contribution in [0.5, 0.6) is 0 Å². The van der Waals surface area contributed by atoms with Gasteiger partial charge in [-0.2, -0.15) is 0 Å². The largest absolute Gasteiger partial charge is 0.361 e. The van der Waals surface area contributed by atoms with E-state index < -0.39 is 27.7 Å². The Morgan fingerprint density at radius 2 is 1.40 bits per heavy atom. The summed E-state index contributed by atoms with van der Waals surface area (Å²) in [5.74, 6) is -0.360. The molecule has 0 unspecified atom stereocenters. The second-order valence-electron chi connectivity index (χ2n) is 8.34. The average molecular weight is 529 g/mol. The minimum Gasteiger partial charge on any atom is -0.361 e. The van der Waals surface area contributed by atoms with E-state index in [1.54, 1.807) is 24.3 Å². The van der Waals surface area contributed by atoms with Crippen LogP contribution in [0.3, 0.4) is 0 Å². The highest BCUT2D eigenvalue weighted by molar-refractivity contribution is 7.91. The van der Waals surface area contributed by atoms with Gasteiger partial charge in [-0.3, -0.25) is 9.36 Å². The van der Waals surface area contributed by atoms with Crippen molar-refractivity contribution in [1.29, 1.82) is 0 Å². The predicted octanol–water partition coefficient (Wildman–Crippen LogP) is 6.19. The standard InChI is InChI=1S/C26H19Cl2FN2O3S/c1-15-14-20(29)10-11-21(15)35(33,34)22-12-13-23(32)31-25(17-4-8-19(28)9-5-17)24(30-26(22)31)16-2-6-18(27)7-3-16/h2-14,24-25,30H,1H3/t24-,25+/m1/s1. The Kier molecular flexibility index (Phi) is 5.95. The SMILES string of the molecule is Cc1cc(F)ccc1S(=O)(=O)c1ccc(=O)n2c1N[C@H](c1ccc(Cl)cc1)[C@@H]2c1ccc(Cl)cc1. The van der Waals surface area contributed by atoms with E-state index in [4.69, 9.17) is 23.2 Å². The molecule has 35 heavy (non-hydrogen) atoms. The second-order valence-corrected chi connectivity index (χ2v) is 11.1. The Bertz CT molecular complexity index is 1600. The number of aryl methyl sites for hydroxylation is 1. The van der Waals surface area contributed by atoms with Gasteiger partial charge in [-0.25, -0.2) is 12.8 Å². The van der Waals surface area contributed by atoms with Crippen LogP contribution >= 0.6 is 23.2 Å². The molecule has 9 heteroatoms. The van der Waals surface area contributed by atoms with Crippen LogP contribution < -0.4 is 10.9 Å². The smallest absolute Gasteiger partial charge is 0.252 e. The summed E-state index contributed by atoms with van der Waals surface area (Å²) in [6.45, 7) is 1.53. The Balaban J connectivity index is 1.74. The molecular formula is C26H19Cl2FN2O3S. The van der Waals surface area contributed by atoms with Crippen molar-refractivity contribution in [3.63, 3.8) is 0 Å². The van der Waals surface area contributed by atoms with Crippen LogP contribution in [0.1, 0.15) is 28.8 Å². The first-order valence-corrected chi connectivity index (χ1v) is 12.9. The number of aromatic nitrogens is 1. The summed E-state index contributed by atoms with van der Waals surface area (Å²) in [5, 5.41) is 4.38. The van der Waals surface area contributed by atoms with Gasteiger partial charge < -0.3 is 5.32 Å². The molecule has 5 rings (SSSR count). The Hall–Kier alpha value is -3.13. The van der Waals surface area contributed by atoms with Gasteiger partial charge in [-0.1, -0.05) is 47.5 Å². The third-order valence-electron chi connectivity index (χ3n) is 6.13. The van der Waals surface area contributed by atoms with Gasteiger partial charge in [0.15, 0.2) is 0 Å². The third kappa shape index (κ3) is 4.14. The molecule has 0 amide bonds. The number of hydrogen-bond acceptors (Lipinski definition) is 4. The zero-order chi connectivity index (χ0) is 24.9. The molecule has 1 aromatic heterocycles. The first kappa shape index (κ1) is 23.6. The highest BCUT2D eigenvalue weighted by Gasteiger charge is 2.39. The molecule has 0 aliphatic carbocycles. The van der Waals surface area contributed by atoms with Crippen molar-refractivity contribution < 1.29 is 12.8 Å². The van der Waals surface area contributed by atoms with Gasteiger partial charge in [0.25, 0.3) is 5.56 Å². The fourth-order valence-corrected chi connectivity index (χ4v) is 6.39. The van der Waals surface area contributed by atoms with Gasteiger partial charge in [0.05, 0.1) is 17.0 Å². The lowest BCUT2D eigenvalue weighted by Crippen LogP contribution is -2.24.